The molecule has 0 aromatic heterocycles. The number of hydrogen-bond acceptors (Lipinski definition) is 4. The van der Waals surface area contributed by atoms with Crippen molar-refractivity contribution < 1.29 is 4.79 Å². The van der Waals surface area contributed by atoms with Crippen molar-refractivity contribution in [3.63, 3.8) is 0 Å². The van der Waals surface area contributed by atoms with Crippen LogP contribution in [0.25, 0.3) is 0 Å². The van der Waals surface area contributed by atoms with E-state index in [1.807, 2.05) is 30.3 Å². The number of rotatable bonds is 10. The van der Waals surface area contributed by atoms with Gasteiger partial charge in [-0.1, -0.05) is 42.5 Å². The molecule has 136 valence electrons. The molecule has 0 aliphatic rings. The maximum Gasteiger partial charge on any atom is 0.230 e. The summed E-state index contributed by atoms with van der Waals surface area (Å²) in [6, 6.07) is 20.0. The minimum atomic E-state index is 0.0781. The van der Waals surface area contributed by atoms with Crippen molar-refractivity contribution in [1.82, 2.24) is 10.2 Å². The van der Waals surface area contributed by atoms with Crippen LogP contribution in [0, 0.1) is 11.3 Å². The van der Waals surface area contributed by atoms with E-state index in [9.17, 15) is 4.79 Å². The highest BCUT2D eigenvalue weighted by atomic mass is 32.2. The van der Waals surface area contributed by atoms with Gasteiger partial charge in [0.15, 0.2) is 0 Å². The first-order chi connectivity index (χ1) is 12.7. The van der Waals surface area contributed by atoms with Gasteiger partial charge in [-0.25, -0.2) is 0 Å². The minimum absolute atomic E-state index is 0.0781. The lowest BCUT2D eigenvalue weighted by molar-refractivity contribution is -0.118. The summed E-state index contributed by atoms with van der Waals surface area (Å²) in [4.78, 5) is 14.1. The number of carbonyl (C=O) groups is 1. The molecule has 5 heteroatoms. The summed E-state index contributed by atoms with van der Waals surface area (Å²) in [7, 11) is 2.10. The summed E-state index contributed by atoms with van der Waals surface area (Å²) < 4.78 is 0. The smallest absolute Gasteiger partial charge is 0.230 e. The van der Waals surface area contributed by atoms with Gasteiger partial charge in [-0.2, -0.15) is 5.26 Å². The summed E-state index contributed by atoms with van der Waals surface area (Å²) in [6.45, 7) is 2.58. The molecule has 0 heterocycles. The van der Waals surface area contributed by atoms with Crippen molar-refractivity contribution in [2.24, 2.45) is 0 Å². The Balaban J connectivity index is 1.53. The van der Waals surface area contributed by atoms with Gasteiger partial charge in [-0.3, -0.25) is 4.79 Å². The molecular weight excluding hydrogens is 342 g/mol. The van der Waals surface area contributed by atoms with Gasteiger partial charge in [0, 0.05) is 18.8 Å². The van der Waals surface area contributed by atoms with E-state index in [0.717, 1.165) is 30.8 Å². The Labute approximate surface area is 160 Å². The third kappa shape index (κ3) is 7.73. The fraction of sp³-hybridized carbons (Fsp3) is 0.333. The average molecular weight is 368 g/mol. The maximum absolute atomic E-state index is 11.9. The molecule has 0 spiro atoms. The molecule has 1 amide bonds. The van der Waals surface area contributed by atoms with Crippen LogP contribution in [-0.2, 0) is 17.1 Å². The molecule has 2 aromatic rings. The number of amides is 1. The zero-order chi connectivity index (χ0) is 18.6. The van der Waals surface area contributed by atoms with Gasteiger partial charge in [-0.05, 0) is 43.3 Å². The summed E-state index contributed by atoms with van der Waals surface area (Å²) in [6.07, 6.45) is 0.940. The van der Waals surface area contributed by atoms with E-state index in [2.05, 4.69) is 47.6 Å². The van der Waals surface area contributed by atoms with E-state index in [4.69, 9.17) is 5.26 Å². The fourth-order valence-corrected chi connectivity index (χ4v) is 3.36. The van der Waals surface area contributed by atoms with Gasteiger partial charge < -0.3 is 10.2 Å². The first-order valence-electron chi connectivity index (χ1n) is 8.73. The fourth-order valence-electron chi connectivity index (χ4n) is 2.54. The Morgan fingerprint density at radius 1 is 1.12 bits per heavy atom. The molecule has 0 radical (unpaired) electrons. The molecular formula is C21H25N3OS. The lowest BCUT2D eigenvalue weighted by Crippen LogP contribution is -2.29. The van der Waals surface area contributed by atoms with Crippen LogP contribution in [0.15, 0.2) is 54.6 Å². The Morgan fingerprint density at radius 2 is 1.85 bits per heavy atom. The van der Waals surface area contributed by atoms with Crippen LogP contribution in [0.4, 0.5) is 0 Å². The minimum Gasteiger partial charge on any atom is -0.355 e. The summed E-state index contributed by atoms with van der Waals surface area (Å²) in [5.41, 5.74) is 3.09. The number of hydrogen-bond donors (Lipinski definition) is 1. The molecule has 2 rings (SSSR count). The quantitative estimate of drug-likeness (QED) is 0.654. The second-order valence-corrected chi connectivity index (χ2v) is 7.21. The zero-order valence-corrected chi connectivity index (χ0v) is 16.0. The van der Waals surface area contributed by atoms with Crippen LogP contribution < -0.4 is 5.32 Å². The predicted octanol–water partition coefficient (Wildman–Crippen LogP) is 3.43. The number of nitrogens with one attached hydrogen (secondary N) is 1. The van der Waals surface area contributed by atoms with E-state index in [-0.39, 0.29) is 5.91 Å². The standard InChI is InChI=1S/C21H25N3OS/c1-24(15-19-6-3-2-4-7-19)13-5-12-23-21(25)17-26-16-20-10-8-18(14-22)9-11-20/h2-4,6-11H,5,12-13,15-17H2,1H3,(H,23,25). The molecule has 0 aliphatic carbocycles. The van der Waals surface area contributed by atoms with Crippen LogP contribution in [0.5, 0.6) is 0 Å². The van der Waals surface area contributed by atoms with Gasteiger partial charge in [0.05, 0.1) is 17.4 Å². The first kappa shape index (κ1) is 20.0. The average Bonchev–Trinajstić information content (AvgIpc) is 2.66. The number of nitrogens with zero attached hydrogens (tertiary/aromatic N) is 2. The predicted molar refractivity (Wildman–Crippen MR) is 108 cm³/mol. The zero-order valence-electron chi connectivity index (χ0n) is 15.1. The molecule has 4 nitrogen and oxygen atoms in total. The summed E-state index contributed by atoms with van der Waals surface area (Å²) in [5, 5.41) is 11.8. The second kappa shape index (κ2) is 11.3. The molecule has 0 aliphatic heterocycles. The largest absolute Gasteiger partial charge is 0.355 e. The SMILES string of the molecule is CN(CCCNC(=O)CSCc1ccc(C#N)cc1)Cc1ccccc1. The van der Waals surface area contributed by atoms with Crippen LogP contribution in [0.1, 0.15) is 23.1 Å². The molecule has 0 bridgehead atoms. The lowest BCUT2D eigenvalue weighted by atomic mass is 10.2. The summed E-state index contributed by atoms with van der Waals surface area (Å²) >= 11 is 1.59. The first-order valence-corrected chi connectivity index (χ1v) is 9.89. The van der Waals surface area contributed by atoms with Gasteiger partial charge >= 0.3 is 0 Å². The molecule has 0 saturated heterocycles. The normalized spacial score (nSPS) is 10.5. The van der Waals surface area contributed by atoms with E-state index in [1.54, 1.807) is 11.8 Å². The maximum atomic E-state index is 11.9. The highest BCUT2D eigenvalue weighted by molar-refractivity contribution is 7.99. The highest BCUT2D eigenvalue weighted by Gasteiger charge is 2.03. The van der Waals surface area contributed by atoms with Gasteiger partial charge in [0.25, 0.3) is 0 Å². The van der Waals surface area contributed by atoms with Crippen molar-refractivity contribution in [1.29, 1.82) is 5.26 Å². The molecule has 2 aromatic carbocycles. The Morgan fingerprint density at radius 3 is 2.54 bits per heavy atom. The Bertz CT molecular complexity index is 710. The number of benzene rings is 2. The van der Waals surface area contributed by atoms with Crippen molar-refractivity contribution >= 4 is 17.7 Å². The van der Waals surface area contributed by atoms with Crippen molar-refractivity contribution in [3.05, 3.63) is 71.3 Å². The number of carbonyl (C=O) groups excluding carboxylic acids is 1. The molecule has 1 N–H and O–H groups in total. The van der Waals surface area contributed by atoms with Crippen LogP contribution >= 0.6 is 11.8 Å². The molecule has 0 fully saturated rings. The molecule has 0 unspecified atom stereocenters. The van der Waals surface area contributed by atoms with E-state index in [0.29, 0.717) is 17.9 Å². The van der Waals surface area contributed by atoms with Crippen LogP contribution in [0.2, 0.25) is 0 Å². The number of thioether (sulfide) groups is 1. The second-order valence-electron chi connectivity index (χ2n) is 6.23. The van der Waals surface area contributed by atoms with Gasteiger partial charge in [-0.15, -0.1) is 11.8 Å². The molecule has 0 atom stereocenters. The number of nitriles is 1. The molecule has 26 heavy (non-hydrogen) atoms. The van der Waals surface area contributed by atoms with Crippen molar-refractivity contribution in [2.75, 3.05) is 25.9 Å². The lowest BCUT2D eigenvalue weighted by Gasteiger charge is -2.16. The van der Waals surface area contributed by atoms with Crippen molar-refractivity contribution in [3.8, 4) is 6.07 Å². The third-order valence-corrected chi connectivity index (χ3v) is 4.92. The monoisotopic (exact) mass is 367 g/mol. The Hall–Kier alpha value is -2.29. The molecule has 0 saturated carbocycles. The van der Waals surface area contributed by atoms with Crippen LogP contribution in [0.3, 0.4) is 0 Å². The Kier molecular flexibility index (Phi) is 8.74. The van der Waals surface area contributed by atoms with E-state index < -0.39 is 0 Å². The third-order valence-electron chi connectivity index (χ3n) is 3.92. The highest BCUT2D eigenvalue weighted by Crippen LogP contribution is 2.12. The van der Waals surface area contributed by atoms with Gasteiger partial charge in [0.2, 0.25) is 5.91 Å². The van der Waals surface area contributed by atoms with Crippen LogP contribution in [-0.4, -0.2) is 36.7 Å². The van der Waals surface area contributed by atoms with Gasteiger partial charge in [0.1, 0.15) is 0 Å². The van der Waals surface area contributed by atoms with Crippen molar-refractivity contribution in [2.45, 2.75) is 18.7 Å². The topological polar surface area (TPSA) is 56.1 Å². The summed E-state index contributed by atoms with van der Waals surface area (Å²) in [5.74, 6) is 1.31. The van der Waals surface area contributed by atoms with E-state index in [1.165, 1.54) is 5.56 Å². The van der Waals surface area contributed by atoms with E-state index >= 15 is 0 Å².